The Kier molecular flexibility index (Phi) is 7.01. The zero-order valence-electron chi connectivity index (χ0n) is 17.8. The maximum absolute atomic E-state index is 14.7. The summed E-state index contributed by atoms with van der Waals surface area (Å²) in [4.78, 5) is 23.9. The highest BCUT2D eigenvalue weighted by Gasteiger charge is 2.44. The van der Waals surface area contributed by atoms with E-state index in [9.17, 15) is 31.1 Å². The smallest absolute Gasteiger partial charge is 0.422 e. The van der Waals surface area contributed by atoms with Crippen molar-refractivity contribution in [2.24, 2.45) is 10.7 Å². The van der Waals surface area contributed by atoms with E-state index in [1.165, 1.54) is 6.92 Å². The fourth-order valence-corrected chi connectivity index (χ4v) is 4.62. The molecule has 1 aromatic heterocycles. The number of aromatic nitrogens is 2. The molecule has 1 amide bonds. The van der Waals surface area contributed by atoms with Crippen LogP contribution in [0.3, 0.4) is 0 Å². The minimum atomic E-state index is -4.58. The SMILES string of the molecule is C[C@]1(CF)C[C@@](C)(c2cc(NC(=O)c3cnc(OCC(F)(F)F)cn3)cc(F)c2F)N=C(N)S1. The molecule has 7 nitrogen and oxygen atoms in total. The van der Waals surface area contributed by atoms with E-state index in [1.807, 2.05) is 0 Å². The average molecular weight is 507 g/mol. The Hall–Kier alpha value is -3.03. The standard InChI is InChI=1S/C20H19F6N5O2S/c1-18(8-21)7-19(2,31-17(27)34-18)11-3-10(4-12(22)15(11)23)30-16(32)13-5-29-14(6-28-13)33-9-20(24,25)26/h3-6H,7-9H2,1-2H3,(H2,27,31)(H,30,32)/t18-,19+/m1/s1. The molecule has 0 saturated heterocycles. The topological polar surface area (TPSA) is 102 Å². The summed E-state index contributed by atoms with van der Waals surface area (Å²) in [5.41, 5.74) is 3.67. The Morgan fingerprint density at radius 1 is 1.24 bits per heavy atom. The molecule has 0 unspecified atom stereocenters. The van der Waals surface area contributed by atoms with Crippen LogP contribution in [0.5, 0.6) is 5.88 Å². The van der Waals surface area contributed by atoms with Crippen LogP contribution in [-0.4, -0.2) is 45.2 Å². The first kappa shape index (κ1) is 25.6. The number of nitrogens with one attached hydrogen (secondary N) is 1. The van der Waals surface area contributed by atoms with E-state index >= 15 is 0 Å². The summed E-state index contributed by atoms with van der Waals surface area (Å²) in [5, 5.41) is 2.32. The normalized spacial score (nSPS) is 22.8. The molecule has 2 heterocycles. The van der Waals surface area contributed by atoms with Gasteiger partial charge in [0.15, 0.2) is 23.4 Å². The lowest BCUT2D eigenvalue weighted by atomic mass is 9.83. The van der Waals surface area contributed by atoms with Gasteiger partial charge in [-0.3, -0.25) is 9.79 Å². The molecule has 0 aliphatic carbocycles. The number of nitrogens with two attached hydrogens (primary N) is 1. The molecule has 0 fully saturated rings. The molecule has 3 rings (SSSR count). The van der Waals surface area contributed by atoms with Gasteiger partial charge in [-0.25, -0.2) is 23.1 Å². The highest BCUT2D eigenvalue weighted by molar-refractivity contribution is 8.15. The number of halogens is 6. The molecule has 2 aromatic rings. The highest BCUT2D eigenvalue weighted by Crippen LogP contribution is 2.46. The van der Waals surface area contributed by atoms with E-state index in [2.05, 4.69) is 25.0 Å². The van der Waals surface area contributed by atoms with E-state index < -0.39 is 53.2 Å². The Bertz CT molecular complexity index is 1110. The van der Waals surface area contributed by atoms with E-state index in [0.717, 1.165) is 36.3 Å². The molecule has 0 spiro atoms. The molecule has 0 radical (unpaired) electrons. The van der Waals surface area contributed by atoms with E-state index in [4.69, 9.17) is 5.73 Å². The van der Waals surface area contributed by atoms with Crippen LogP contribution in [0, 0.1) is 11.6 Å². The highest BCUT2D eigenvalue weighted by atomic mass is 32.2. The Morgan fingerprint density at radius 2 is 1.94 bits per heavy atom. The van der Waals surface area contributed by atoms with Gasteiger partial charge >= 0.3 is 6.18 Å². The summed E-state index contributed by atoms with van der Waals surface area (Å²) >= 11 is 0.993. The number of rotatable bonds is 6. The predicted octanol–water partition coefficient (Wildman–Crippen LogP) is 4.34. The molecular formula is C20H19F6N5O2S. The van der Waals surface area contributed by atoms with E-state index in [0.29, 0.717) is 0 Å². The van der Waals surface area contributed by atoms with Crippen molar-refractivity contribution in [3.63, 3.8) is 0 Å². The summed E-state index contributed by atoms with van der Waals surface area (Å²) in [5.74, 6) is -3.87. The van der Waals surface area contributed by atoms with Gasteiger partial charge < -0.3 is 15.8 Å². The van der Waals surface area contributed by atoms with Gasteiger partial charge in [0, 0.05) is 17.3 Å². The maximum atomic E-state index is 14.7. The number of carbonyl (C=O) groups excluding carboxylic acids is 1. The molecule has 0 saturated carbocycles. The number of hydrogen-bond donors (Lipinski definition) is 2. The second-order valence-corrected chi connectivity index (χ2v) is 9.61. The van der Waals surface area contributed by atoms with Crippen molar-refractivity contribution in [1.82, 2.24) is 9.97 Å². The number of carbonyl (C=O) groups is 1. The first-order valence-electron chi connectivity index (χ1n) is 9.66. The van der Waals surface area contributed by atoms with E-state index in [-0.39, 0.29) is 28.5 Å². The number of ether oxygens (including phenoxy) is 1. The number of nitrogens with zero attached hydrogens (tertiary/aromatic N) is 3. The third-order valence-electron chi connectivity index (χ3n) is 4.82. The van der Waals surface area contributed by atoms with Crippen LogP contribution in [0.15, 0.2) is 29.5 Å². The number of alkyl halides is 4. The van der Waals surface area contributed by atoms with Gasteiger partial charge in [-0.1, -0.05) is 11.8 Å². The van der Waals surface area contributed by atoms with Crippen molar-refractivity contribution in [1.29, 1.82) is 0 Å². The van der Waals surface area contributed by atoms with Gasteiger partial charge in [0.25, 0.3) is 5.91 Å². The van der Waals surface area contributed by atoms with Crippen molar-refractivity contribution in [3.8, 4) is 5.88 Å². The van der Waals surface area contributed by atoms with Crippen LogP contribution in [0.1, 0.15) is 36.3 Å². The van der Waals surface area contributed by atoms with Gasteiger partial charge in [0.1, 0.15) is 12.4 Å². The Morgan fingerprint density at radius 3 is 2.53 bits per heavy atom. The number of thioether (sulfide) groups is 1. The van der Waals surface area contributed by atoms with Gasteiger partial charge in [0.2, 0.25) is 5.88 Å². The van der Waals surface area contributed by atoms with Crippen LogP contribution in [0.25, 0.3) is 0 Å². The minimum Gasteiger partial charge on any atom is -0.467 e. The third-order valence-corrected chi connectivity index (χ3v) is 5.87. The number of amidine groups is 1. The fourth-order valence-electron chi connectivity index (χ4n) is 3.46. The van der Waals surface area contributed by atoms with Crippen molar-refractivity contribution in [2.75, 3.05) is 18.6 Å². The molecule has 0 bridgehead atoms. The molecule has 2 atom stereocenters. The molecule has 184 valence electrons. The Balaban J connectivity index is 1.84. The van der Waals surface area contributed by atoms with E-state index in [1.54, 1.807) is 6.92 Å². The van der Waals surface area contributed by atoms with Gasteiger partial charge in [-0.15, -0.1) is 0 Å². The quantitative estimate of drug-likeness (QED) is 0.564. The summed E-state index contributed by atoms with van der Waals surface area (Å²) in [6.07, 6.45) is -2.90. The molecular weight excluding hydrogens is 488 g/mol. The van der Waals surface area contributed by atoms with Crippen LogP contribution < -0.4 is 15.8 Å². The van der Waals surface area contributed by atoms with Gasteiger partial charge in [-0.05, 0) is 26.3 Å². The fraction of sp³-hybridized carbons (Fsp3) is 0.400. The lowest BCUT2D eigenvalue weighted by Crippen LogP contribution is -2.42. The molecule has 3 N–H and O–H groups in total. The lowest BCUT2D eigenvalue weighted by Gasteiger charge is -2.39. The second-order valence-electron chi connectivity index (χ2n) is 8.00. The zero-order valence-corrected chi connectivity index (χ0v) is 18.7. The zero-order chi connectivity index (χ0) is 25.3. The van der Waals surface area contributed by atoms with Gasteiger partial charge in [0.05, 0.1) is 22.7 Å². The first-order valence-corrected chi connectivity index (χ1v) is 10.5. The maximum Gasteiger partial charge on any atom is 0.422 e. The van der Waals surface area contributed by atoms with Crippen molar-refractivity contribution in [3.05, 3.63) is 47.4 Å². The summed E-state index contributed by atoms with van der Waals surface area (Å²) in [7, 11) is 0. The molecule has 34 heavy (non-hydrogen) atoms. The van der Waals surface area contributed by atoms with Crippen LogP contribution >= 0.6 is 11.8 Å². The lowest BCUT2D eigenvalue weighted by molar-refractivity contribution is -0.154. The molecule has 1 aliphatic heterocycles. The van der Waals surface area contributed by atoms with Crippen molar-refractivity contribution >= 4 is 28.5 Å². The third kappa shape index (κ3) is 5.90. The predicted molar refractivity (Wildman–Crippen MR) is 113 cm³/mol. The van der Waals surface area contributed by atoms with Crippen molar-refractivity contribution < 1.29 is 35.9 Å². The van der Waals surface area contributed by atoms with Gasteiger partial charge in [-0.2, -0.15) is 13.2 Å². The number of amides is 1. The van der Waals surface area contributed by atoms with Crippen LogP contribution in [0.4, 0.5) is 32.0 Å². The summed E-state index contributed by atoms with van der Waals surface area (Å²) in [6.45, 7) is 0.683. The Labute approximate surface area is 194 Å². The largest absolute Gasteiger partial charge is 0.467 e. The first-order chi connectivity index (χ1) is 15.7. The van der Waals surface area contributed by atoms with Crippen molar-refractivity contribution in [2.45, 2.75) is 36.7 Å². The summed E-state index contributed by atoms with van der Waals surface area (Å²) in [6, 6.07) is 1.88. The molecule has 14 heteroatoms. The minimum absolute atomic E-state index is 0.000486. The van der Waals surface area contributed by atoms with Crippen LogP contribution in [-0.2, 0) is 5.54 Å². The number of aliphatic imine (C=N–C) groups is 1. The van der Waals surface area contributed by atoms with Crippen LogP contribution in [0.2, 0.25) is 0 Å². The monoisotopic (exact) mass is 507 g/mol. The molecule has 1 aromatic carbocycles. The number of benzene rings is 1. The molecule has 1 aliphatic rings. The number of anilines is 1. The summed E-state index contributed by atoms with van der Waals surface area (Å²) < 4.78 is 82.8. The second kappa shape index (κ2) is 9.31. The average Bonchev–Trinajstić information content (AvgIpc) is 2.73. The number of hydrogen-bond acceptors (Lipinski definition) is 7.